The highest BCUT2D eigenvalue weighted by Gasteiger charge is 2.16. The maximum Gasteiger partial charge on any atom is 0.235 e. The van der Waals surface area contributed by atoms with Crippen LogP contribution in [0, 0.1) is 25.7 Å². The topological polar surface area (TPSA) is 161 Å². The lowest BCUT2D eigenvalue weighted by Crippen LogP contribution is -2.21. The number of thiazole rings is 2. The van der Waals surface area contributed by atoms with Crippen molar-refractivity contribution >= 4 is 95.5 Å². The highest BCUT2D eigenvalue weighted by atomic mass is 79.9. The van der Waals surface area contributed by atoms with Crippen molar-refractivity contribution in [1.82, 2.24) is 9.97 Å². The SMILES string of the molecule is Cc1ccc(NC(=O)CC(=O)Nc2ncc(Br)s2)c(OCC(C)C)c1.Cc1ccc(NC(=O)CC(=O)Nc2ncc(Cl)s2)c(OCC(C)C)c1. The van der Waals surface area contributed by atoms with Crippen LogP contribution < -0.4 is 30.7 Å². The second-order valence-corrected chi connectivity index (χ2v) is 16.0. The fraction of sp³-hybridized carbons (Fsp3) is 0.353. The van der Waals surface area contributed by atoms with Gasteiger partial charge in [0.1, 0.15) is 28.7 Å². The molecule has 0 radical (unpaired) electrons. The molecule has 0 aliphatic heterocycles. The lowest BCUT2D eigenvalue weighted by molar-refractivity contribution is -0.125. The van der Waals surface area contributed by atoms with Gasteiger partial charge < -0.3 is 30.7 Å². The van der Waals surface area contributed by atoms with Gasteiger partial charge in [-0.15, -0.1) is 0 Å². The van der Waals surface area contributed by atoms with Gasteiger partial charge in [-0.05, 0) is 77.0 Å². The monoisotopic (exact) mass is 806 g/mol. The maximum atomic E-state index is 12.1. The summed E-state index contributed by atoms with van der Waals surface area (Å²) in [6.07, 6.45) is 2.40. The molecule has 0 saturated carbocycles. The molecule has 4 amide bonds. The predicted molar refractivity (Wildman–Crippen MR) is 204 cm³/mol. The number of hydrogen-bond acceptors (Lipinski definition) is 10. The smallest absolute Gasteiger partial charge is 0.235 e. The van der Waals surface area contributed by atoms with E-state index in [4.69, 9.17) is 21.1 Å². The van der Waals surface area contributed by atoms with Crippen molar-refractivity contribution in [3.05, 3.63) is 68.0 Å². The van der Waals surface area contributed by atoms with E-state index in [-0.39, 0.29) is 12.8 Å². The molecule has 4 N–H and O–H groups in total. The van der Waals surface area contributed by atoms with E-state index < -0.39 is 23.6 Å². The number of carbonyl (C=O) groups is 4. The Morgan fingerprint density at radius 2 is 1.12 bits per heavy atom. The number of halogens is 2. The Hall–Kier alpha value is -4.05. The highest BCUT2D eigenvalue weighted by molar-refractivity contribution is 9.11. The minimum atomic E-state index is -0.458. The van der Waals surface area contributed by atoms with Crippen molar-refractivity contribution < 1.29 is 28.7 Å². The van der Waals surface area contributed by atoms with Gasteiger partial charge in [-0.1, -0.05) is 74.1 Å². The molecule has 2 aromatic carbocycles. The number of hydrogen-bond donors (Lipinski definition) is 4. The zero-order valence-electron chi connectivity index (χ0n) is 28.5. The van der Waals surface area contributed by atoms with Crippen LogP contribution in [0.4, 0.5) is 21.6 Å². The molecule has 12 nitrogen and oxygen atoms in total. The van der Waals surface area contributed by atoms with Crippen molar-refractivity contribution in [1.29, 1.82) is 0 Å². The summed E-state index contributed by atoms with van der Waals surface area (Å²) in [5.41, 5.74) is 3.15. The van der Waals surface area contributed by atoms with E-state index in [1.165, 1.54) is 17.5 Å². The maximum absolute atomic E-state index is 12.1. The number of rotatable bonds is 14. The lowest BCUT2D eigenvalue weighted by Gasteiger charge is -2.14. The van der Waals surface area contributed by atoms with E-state index in [1.807, 2.05) is 52.0 Å². The summed E-state index contributed by atoms with van der Waals surface area (Å²) in [6.45, 7) is 13.2. The molecule has 16 heteroatoms. The molecule has 50 heavy (non-hydrogen) atoms. The second kappa shape index (κ2) is 20.0. The molecular formula is C34H40BrClN6O6S2. The third-order valence-electron chi connectivity index (χ3n) is 6.06. The van der Waals surface area contributed by atoms with E-state index in [2.05, 4.69) is 61.0 Å². The molecule has 0 saturated heterocycles. The first-order chi connectivity index (χ1) is 23.7. The van der Waals surface area contributed by atoms with Gasteiger partial charge in [0.2, 0.25) is 23.6 Å². The third kappa shape index (κ3) is 14.8. The first kappa shape index (κ1) is 40.4. The van der Waals surface area contributed by atoms with E-state index in [0.29, 0.717) is 62.5 Å². The molecule has 0 fully saturated rings. The molecule has 0 atom stereocenters. The van der Waals surface area contributed by atoms with Crippen LogP contribution in [0.3, 0.4) is 0 Å². The fourth-order valence-corrected chi connectivity index (χ4v) is 5.80. The highest BCUT2D eigenvalue weighted by Crippen LogP contribution is 2.28. The summed E-state index contributed by atoms with van der Waals surface area (Å²) in [4.78, 5) is 56.0. The summed E-state index contributed by atoms with van der Waals surface area (Å²) < 4.78 is 12.8. The summed E-state index contributed by atoms with van der Waals surface area (Å²) >= 11 is 11.4. The quantitative estimate of drug-likeness (QED) is 0.0926. The zero-order chi connectivity index (χ0) is 36.8. The van der Waals surface area contributed by atoms with Gasteiger partial charge in [0.25, 0.3) is 0 Å². The summed E-state index contributed by atoms with van der Waals surface area (Å²) in [7, 11) is 0. The van der Waals surface area contributed by atoms with Crippen LogP contribution in [0.2, 0.25) is 4.34 Å². The molecule has 0 unspecified atom stereocenters. The van der Waals surface area contributed by atoms with Crippen LogP contribution >= 0.6 is 50.2 Å². The fourth-order valence-electron chi connectivity index (χ4n) is 3.85. The number of aryl methyl sites for hydroxylation is 2. The number of ether oxygens (including phenoxy) is 2. The van der Waals surface area contributed by atoms with E-state index in [9.17, 15) is 19.2 Å². The number of nitrogens with one attached hydrogen (secondary N) is 4. The van der Waals surface area contributed by atoms with Gasteiger partial charge in [0, 0.05) is 0 Å². The van der Waals surface area contributed by atoms with Crippen molar-refractivity contribution in [3.8, 4) is 11.5 Å². The molecule has 0 spiro atoms. The summed E-state index contributed by atoms with van der Waals surface area (Å²) in [5.74, 6) is 0.203. The first-order valence-corrected chi connectivity index (χ1v) is 18.4. The number of anilines is 4. The number of nitrogens with zero attached hydrogens (tertiary/aromatic N) is 2. The predicted octanol–water partition coefficient (Wildman–Crippen LogP) is 8.32. The van der Waals surface area contributed by atoms with Crippen molar-refractivity contribution in [2.45, 2.75) is 54.4 Å². The molecule has 4 aromatic rings. The van der Waals surface area contributed by atoms with Crippen LogP contribution in [-0.2, 0) is 19.2 Å². The van der Waals surface area contributed by atoms with Crippen LogP contribution in [0.25, 0.3) is 0 Å². The van der Waals surface area contributed by atoms with Gasteiger partial charge >= 0.3 is 0 Å². The third-order valence-corrected chi connectivity index (χ3v) is 8.48. The summed E-state index contributed by atoms with van der Waals surface area (Å²) in [6, 6.07) is 11.0. The molecule has 2 aromatic heterocycles. The zero-order valence-corrected chi connectivity index (χ0v) is 32.5. The molecule has 0 aliphatic rings. The number of benzene rings is 2. The summed E-state index contributed by atoms with van der Waals surface area (Å²) in [5, 5.41) is 11.4. The Morgan fingerprint density at radius 3 is 1.50 bits per heavy atom. The molecule has 0 bridgehead atoms. The Morgan fingerprint density at radius 1 is 0.700 bits per heavy atom. The minimum absolute atomic E-state index is 0.297. The van der Waals surface area contributed by atoms with Gasteiger partial charge in [-0.25, -0.2) is 9.97 Å². The standard InChI is InChI=1S/C17H20BrN3O3S.C17H20ClN3O3S/c2*1-10(2)9-24-13-6-11(3)4-5-12(13)20-15(22)7-16(23)21-17-19-8-14(18)25-17/h2*4-6,8,10H,7,9H2,1-3H3,(H,20,22)(H,19,21,23). The van der Waals surface area contributed by atoms with E-state index in [1.54, 1.807) is 18.3 Å². The number of amides is 4. The Balaban J connectivity index is 0.000000270. The van der Waals surface area contributed by atoms with E-state index in [0.717, 1.165) is 26.3 Å². The van der Waals surface area contributed by atoms with Crippen LogP contribution in [0.5, 0.6) is 11.5 Å². The Labute approximate surface area is 312 Å². The van der Waals surface area contributed by atoms with Crippen molar-refractivity contribution in [2.75, 3.05) is 34.5 Å². The molecule has 2 heterocycles. The molecule has 4 rings (SSSR count). The average molecular weight is 808 g/mol. The van der Waals surface area contributed by atoms with Crippen molar-refractivity contribution in [3.63, 3.8) is 0 Å². The minimum Gasteiger partial charge on any atom is -0.491 e. The normalized spacial score (nSPS) is 10.6. The molecular weight excluding hydrogens is 768 g/mol. The van der Waals surface area contributed by atoms with Crippen LogP contribution in [0.1, 0.15) is 51.7 Å². The number of aromatic nitrogens is 2. The Kier molecular flexibility index (Phi) is 16.1. The Bertz CT molecular complexity index is 1650. The van der Waals surface area contributed by atoms with Gasteiger partial charge in [0.15, 0.2) is 10.3 Å². The molecule has 268 valence electrons. The first-order valence-electron chi connectivity index (χ1n) is 15.6. The van der Waals surface area contributed by atoms with Gasteiger partial charge in [0.05, 0.1) is 40.8 Å². The number of carbonyl (C=O) groups excluding carboxylic acids is 4. The average Bonchev–Trinajstić information content (AvgIpc) is 3.63. The largest absolute Gasteiger partial charge is 0.491 e. The van der Waals surface area contributed by atoms with Crippen molar-refractivity contribution in [2.24, 2.45) is 11.8 Å². The van der Waals surface area contributed by atoms with Gasteiger partial charge in [-0.2, -0.15) is 0 Å². The van der Waals surface area contributed by atoms with E-state index >= 15 is 0 Å². The van der Waals surface area contributed by atoms with Gasteiger partial charge in [-0.3, -0.25) is 19.2 Å². The van der Waals surface area contributed by atoms with Crippen LogP contribution in [-0.4, -0.2) is 46.8 Å². The second-order valence-electron chi connectivity index (χ2n) is 11.9. The molecule has 0 aliphatic carbocycles. The van der Waals surface area contributed by atoms with Crippen LogP contribution in [0.15, 0.2) is 52.6 Å². The lowest BCUT2D eigenvalue weighted by atomic mass is 10.2.